The van der Waals surface area contributed by atoms with Crippen LogP contribution in [0.15, 0.2) is 24.3 Å². The summed E-state index contributed by atoms with van der Waals surface area (Å²) in [5, 5.41) is 0. The maximum Gasteiger partial charge on any atom is 0.232 e. The van der Waals surface area contributed by atoms with Crippen molar-refractivity contribution in [3.05, 3.63) is 35.4 Å². The summed E-state index contributed by atoms with van der Waals surface area (Å²) in [7, 11) is 1.78. The van der Waals surface area contributed by atoms with Crippen LogP contribution in [0.25, 0.3) is 0 Å². The molecule has 0 aromatic heterocycles. The highest BCUT2D eigenvalue weighted by Crippen LogP contribution is 2.11. The lowest BCUT2D eigenvalue weighted by Crippen LogP contribution is -2.01. The van der Waals surface area contributed by atoms with Crippen LogP contribution in [0.1, 0.15) is 25.0 Å². The van der Waals surface area contributed by atoms with Crippen molar-refractivity contribution in [3.63, 3.8) is 0 Å². The van der Waals surface area contributed by atoms with Gasteiger partial charge in [-0.3, -0.25) is 0 Å². The predicted octanol–water partition coefficient (Wildman–Crippen LogP) is 3.00. The molecule has 4 heteroatoms. The molecule has 0 aliphatic carbocycles. The molecule has 0 saturated heterocycles. The van der Waals surface area contributed by atoms with Gasteiger partial charge in [0.25, 0.3) is 0 Å². The zero-order valence-corrected chi connectivity index (χ0v) is 11.2. The van der Waals surface area contributed by atoms with Gasteiger partial charge in [-0.05, 0) is 29.9 Å². The van der Waals surface area contributed by atoms with Gasteiger partial charge < -0.3 is 0 Å². The summed E-state index contributed by atoms with van der Waals surface area (Å²) in [4.78, 5) is 0. The molecular formula is C12H17ClO2S. The summed E-state index contributed by atoms with van der Waals surface area (Å²) in [5.74, 6) is 0.631. The second kappa shape index (κ2) is 5.69. The fourth-order valence-corrected chi connectivity index (χ4v) is 2.26. The van der Waals surface area contributed by atoms with E-state index in [1.165, 1.54) is 5.56 Å². The Hall–Kier alpha value is -0.540. The number of hydrogen-bond acceptors (Lipinski definition) is 2. The molecule has 0 saturated carbocycles. The summed E-state index contributed by atoms with van der Waals surface area (Å²) in [6.07, 6.45) is 1.53. The van der Waals surface area contributed by atoms with E-state index in [-0.39, 0.29) is 5.75 Å². The van der Waals surface area contributed by atoms with Crippen LogP contribution in [-0.4, -0.2) is 14.2 Å². The Morgan fingerprint density at radius 3 is 2.06 bits per heavy atom. The summed E-state index contributed by atoms with van der Waals surface area (Å²) in [6.45, 7) is 4.35. The fourth-order valence-electron chi connectivity index (χ4n) is 1.55. The molecule has 16 heavy (non-hydrogen) atoms. The van der Waals surface area contributed by atoms with Gasteiger partial charge in [0, 0.05) is 10.7 Å². The summed E-state index contributed by atoms with van der Waals surface area (Å²) >= 11 is 0. The first-order valence-electron chi connectivity index (χ1n) is 5.37. The number of halogens is 1. The van der Waals surface area contributed by atoms with Crippen LogP contribution in [0, 0.1) is 5.92 Å². The lowest BCUT2D eigenvalue weighted by atomic mass is 10.0. The van der Waals surface area contributed by atoms with Gasteiger partial charge in [-0.15, -0.1) is 0 Å². The lowest BCUT2D eigenvalue weighted by Gasteiger charge is -2.06. The zero-order chi connectivity index (χ0) is 12.2. The molecular weight excluding hydrogens is 244 g/mol. The molecule has 90 valence electrons. The molecule has 1 aromatic rings. The summed E-state index contributed by atoms with van der Waals surface area (Å²) in [6, 6.07) is 8.05. The Morgan fingerprint density at radius 2 is 1.62 bits per heavy atom. The second-order valence-corrected chi connectivity index (χ2v) is 7.30. The maximum atomic E-state index is 10.8. The quantitative estimate of drug-likeness (QED) is 0.763. The van der Waals surface area contributed by atoms with E-state index in [0.29, 0.717) is 12.3 Å². The van der Waals surface area contributed by atoms with Crippen molar-refractivity contribution in [2.75, 3.05) is 5.75 Å². The standard InChI is InChI=1S/C12H17ClO2S/c1-10(2)9-12-5-3-11(4-6-12)7-8-16(13,14)15/h3-6,10H,7-9H2,1-2H3. The molecule has 0 aliphatic heterocycles. The average Bonchev–Trinajstić information content (AvgIpc) is 2.14. The normalized spacial score (nSPS) is 12.0. The topological polar surface area (TPSA) is 34.1 Å². The van der Waals surface area contributed by atoms with E-state index in [4.69, 9.17) is 10.7 Å². The third-order valence-corrected chi connectivity index (χ3v) is 3.46. The van der Waals surface area contributed by atoms with Gasteiger partial charge in [-0.25, -0.2) is 8.42 Å². The van der Waals surface area contributed by atoms with E-state index in [2.05, 4.69) is 26.0 Å². The van der Waals surface area contributed by atoms with E-state index in [0.717, 1.165) is 12.0 Å². The van der Waals surface area contributed by atoms with Crippen molar-refractivity contribution >= 4 is 19.7 Å². The first-order valence-corrected chi connectivity index (χ1v) is 7.85. The first kappa shape index (κ1) is 13.5. The minimum absolute atomic E-state index is 0.00190. The van der Waals surface area contributed by atoms with Crippen molar-refractivity contribution in [1.29, 1.82) is 0 Å². The molecule has 1 aromatic carbocycles. The van der Waals surface area contributed by atoms with Crippen LogP contribution >= 0.6 is 10.7 Å². The molecule has 0 unspecified atom stereocenters. The van der Waals surface area contributed by atoms with Gasteiger partial charge >= 0.3 is 0 Å². The van der Waals surface area contributed by atoms with Gasteiger partial charge in [0.1, 0.15) is 0 Å². The fraction of sp³-hybridized carbons (Fsp3) is 0.500. The number of hydrogen-bond donors (Lipinski definition) is 0. The predicted molar refractivity (Wildman–Crippen MR) is 68.3 cm³/mol. The number of benzene rings is 1. The van der Waals surface area contributed by atoms with Crippen LogP contribution in [0.5, 0.6) is 0 Å². The third kappa shape index (κ3) is 5.52. The lowest BCUT2D eigenvalue weighted by molar-refractivity contribution is 0.609. The number of rotatable bonds is 5. The third-order valence-electron chi connectivity index (χ3n) is 2.30. The Balaban J connectivity index is 2.58. The summed E-state index contributed by atoms with van der Waals surface area (Å²) in [5.41, 5.74) is 2.30. The minimum Gasteiger partial charge on any atom is -0.212 e. The largest absolute Gasteiger partial charge is 0.232 e. The van der Waals surface area contributed by atoms with Crippen molar-refractivity contribution in [2.24, 2.45) is 5.92 Å². The Kier molecular flexibility index (Phi) is 4.81. The molecule has 0 heterocycles. The van der Waals surface area contributed by atoms with Crippen molar-refractivity contribution < 1.29 is 8.42 Å². The molecule has 0 amide bonds. The molecule has 0 fully saturated rings. The van der Waals surface area contributed by atoms with E-state index in [1.807, 2.05) is 12.1 Å². The van der Waals surface area contributed by atoms with E-state index >= 15 is 0 Å². The van der Waals surface area contributed by atoms with Gasteiger partial charge in [-0.1, -0.05) is 38.1 Å². The average molecular weight is 261 g/mol. The Bertz CT molecular complexity index is 421. The Morgan fingerprint density at radius 1 is 1.12 bits per heavy atom. The van der Waals surface area contributed by atoms with Crippen molar-refractivity contribution in [3.8, 4) is 0 Å². The van der Waals surface area contributed by atoms with Crippen LogP contribution < -0.4 is 0 Å². The van der Waals surface area contributed by atoms with E-state index in [9.17, 15) is 8.42 Å². The molecule has 1 rings (SSSR count). The molecule has 0 atom stereocenters. The van der Waals surface area contributed by atoms with Gasteiger partial charge in [0.05, 0.1) is 5.75 Å². The summed E-state index contributed by atoms with van der Waals surface area (Å²) < 4.78 is 21.6. The highest BCUT2D eigenvalue weighted by molar-refractivity contribution is 8.13. The molecule has 0 N–H and O–H groups in total. The van der Waals surface area contributed by atoms with E-state index < -0.39 is 9.05 Å². The molecule has 2 nitrogen and oxygen atoms in total. The Labute approximate surface area is 102 Å². The molecule has 0 aliphatic rings. The van der Waals surface area contributed by atoms with E-state index in [1.54, 1.807) is 0 Å². The minimum atomic E-state index is -3.38. The highest BCUT2D eigenvalue weighted by atomic mass is 35.7. The smallest absolute Gasteiger partial charge is 0.212 e. The van der Waals surface area contributed by atoms with Crippen LogP contribution in [0.2, 0.25) is 0 Å². The maximum absolute atomic E-state index is 10.8. The molecule has 0 radical (unpaired) electrons. The number of aryl methyl sites for hydroxylation is 1. The SMILES string of the molecule is CC(C)Cc1ccc(CCS(=O)(=O)Cl)cc1. The van der Waals surface area contributed by atoms with Gasteiger partial charge in [-0.2, -0.15) is 0 Å². The second-order valence-electron chi connectivity index (χ2n) is 4.41. The van der Waals surface area contributed by atoms with Crippen LogP contribution in [0.4, 0.5) is 0 Å². The van der Waals surface area contributed by atoms with Crippen LogP contribution in [0.3, 0.4) is 0 Å². The first-order chi connectivity index (χ1) is 7.37. The highest BCUT2D eigenvalue weighted by Gasteiger charge is 2.05. The van der Waals surface area contributed by atoms with Crippen LogP contribution in [-0.2, 0) is 21.9 Å². The van der Waals surface area contributed by atoms with Gasteiger partial charge in [0.15, 0.2) is 0 Å². The van der Waals surface area contributed by atoms with Crippen molar-refractivity contribution in [1.82, 2.24) is 0 Å². The molecule has 0 bridgehead atoms. The molecule has 0 spiro atoms. The van der Waals surface area contributed by atoms with Crippen molar-refractivity contribution in [2.45, 2.75) is 26.7 Å². The zero-order valence-electron chi connectivity index (χ0n) is 9.61. The monoisotopic (exact) mass is 260 g/mol. The van der Waals surface area contributed by atoms with Gasteiger partial charge in [0.2, 0.25) is 9.05 Å².